The van der Waals surface area contributed by atoms with Gasteiger partial charge in [-0.1, -0.05) is 36.8 Å². The molecule has 0 unspecified atom stereocenters. The predicted octanol–water partition coefficient (Wildman–Crippen LogP) is 5.46. The van der Waals surface area contributed by atoms with Gasteiger partial charge in [-0.3, -0.25) is 4.79 Å². The number of carbonyl (C=O) groups excluding carboxylic acids is 1. The summed E-state index contributed by atoms with van der Waals surface area (Å²) in [6.07, 6.45) is 6.59. The molecule has 0 aliphatic carbocycles. The maximum absolute atomic E-state index is 12.8. The molecule has 4 aromatic rings. The van der Waals surface area contributed by atoms with Crippen LogP contribution in [0.3, 0.4) is 0 Å². The normalized spacial score (nSPS) is 11.7. The Labute approximate surface area is 173 Å². The van der Waals surface area contributed by atoms with E-state index in [1.165, 1.54) is 16.9 Å². The first-order chi connectivity index (χ1) is 14.2. The topological polar surface area (TPSA) is 59.3 Å². The molecule has 0 fully saturated rings. The Hall–Kier alpha value is -3.25. The fourth-order valence-corrected chi connectivity index (χ4v) is 3.94. The second-order valence-electron chi connectivity index (χ2n) is 6.82. The monoisotopic (exact) mass is 402 g/mol. The fourth-order valence-electron chi connectivity index (χ4n) is 3.26. The molecule has 0 saturated carbocycles. The van der Waals surface area contributed by atoms with E-state index in [4.69, 9.17) is 0 Å². The summed E-state index contributed by atoms with van der Waals surface area (Å²) in [5.74, 6) is -0.0479. The SMILES string of the molecule is CC/C=C(\C)CNc1cccc(-c2ccnc3c(C(=O)c4cccs4)cnn23)c1. The number of thiophene rings is 1. The number of allylic oxidation sites excluding steroid dienone is 1. The van der Waals surface area contributed by atoms with Crippen molar-refractivity contribution in [3.63, 3.8) is 0 Å². The van der Waals surface area contributed by atoms with Gasteiger partial charge in [0.2, 0.25) is 5.78 Å². The molecule has 0 aliphatic rings. The number of aromatic nitrogens is 3. The zero-order valence-corrected chi connectivity index (χ0v) is 17.2. The number of carbonyl (C=O) groups is 1. The summed E-state index contributed by atoms with van der Waals surface area (Å²) in [7, 11) is 0. The number of fused-ring (bicyclic) bond motifs is 1. The molecule has 29 heavy (non-hydrogen) atoms. The molecule has 0 saturated heterocycles. The van der Waals surface area contributed by atoms with Crippen LogP contribution >= 0.6 is 11.3 Å². The lowest BCUT2D eigenvalue weighted by molar-refractivity contribution is 0.104. The first-order valence-corrected chi connectivity index (χ1v) is 10.5. The van der Waals surface area contributed by atoms with E-state index in [1.807, 2.05) is 35.7 Å². The fraction of sp³-hybridized carbons (Fsp3) is 0.174. The Bertz CT molecular complexity index is 1170. The smallest absolute Gasteiger partial charge is 0.208 e. The average Bonchev–Trinajstić information content (AvgIpc) is 3.42. The molecular weight excluding hydrogens is 380 g/mol. The highest BCUT2D eigenvalue weighted by Crippen LogP contribution is 2.25. The van der Waals surface area contributed by atoms with Gasteiger partial charge >= 0.3 is 0 Å². The minimum Gasteiger partial charge on any atom is -0.381 e. The Kier molecular flexibility index (Phi) is 5.53. The van der Waals surface area contributed by atoms with Crippen LogP contribution in [-0.2, 0) is 0 Å². The number of rotatable bonds is 7. The van der Waals surface area contributed by atoms with E-state index in [-0.39, 0.29) is 5.78 Å². The van der Waals surface area contributed by atoms with E-state index in [9.17, 15) is 4.79 Å². The average molecular weight is 403 g/mol. The molecule has 4 rings (SSSR count). The van der Waals surface area contributed by atoms with Gasteiger partial charge in [-0.25, -0.2) is 9.50 Å². The largest absolute Gasteiger partial charge is 0.381 e. The van der Waals surface area contributed by atoms with E-state index in [1.54, 1.807) is 16.9 Å². The Morgan fingerprint density at radius 1 is 1.24 bits per heavy atom. The van der Waals surface area contributed by atoms with Gasteiger partial charge in [0.15, 0.2) is 5.65 Å². The summed E-state index contributed by atoms with van der Waals surface area (Å²) < 4.78 is 1.74. The molecule has 0 aliphatic heterocycles. The summed E-state index contributed by atoms with van der Waals surface area (Å²) in [6.45, 7) is 5.08. The molecule has 0 bridgehead atoms. The third-order valence-corrected chi connectivity index (χ3v) is 5.54. The van der Waals surface area contributed by atoms with Crippen molar-refractivity contribution in [1.29, 1.82) is 0 Å². The third-order valence-electron chi connectivity index (χ3n) is 4.67. The van der Waals surface area contributed by atoms with Gasteiger partial charge in [-0.15, -0.1) is 11.3 Å². The first-order valence-electron chi connectivity index (χ1n) is 9.58. The highest BCUT2D eigenvalue weighted by atomic mass is 32.1. The quantitative estimate of drug-likeness (QED) is 0.329. The molecule has 1 aromatic carbocycles. The van der Waals surface area contributed by atoms with Crippen LogP contribution in [0.4, 0.5) is 5.69 Å². The van der Waals surface area contributed by atoms with Crippen molar-refractivity contribution in [3.8, 4) is 11.3 Å². The second-order valence-corrected chi connectivity index (χ2v) is 7.77. The van der Waals surface area contributed by atoms with E-state index in [2.05, 4.69) is 47.5 Å². The van der Waals surface area contributed by atoms with Crippen LogP contribution in [0.25, 0.3) is 16.9 Å². The second kappa shape index (κ2) is 8.41. The lowest BCUT2D eigenvalue weighted by Gasteiger charge is -2.10. The molecular formula is C23H22N4OS. The van der Waals surface area contributed by atoms with E-state index >= 15 is 0 Å². The zero-order chi connectivity index (χ0) is 20.2. The van der Waals surface area contributed by atoms with E-state index in [0.717, 1.165) is 29.9 Å². The molecule has 0 atom stereocenters. The van der Waals surface area contributed by atoms with Crippen molar-refractivity contribution in [2.75, 3.05) is 11.9 Å². The van der Waals surface area contributed by atoms with Crippen LogP contribution in [0.15, 0.2) is 71.9 Å². The van der Waals surface area contributed by atoms with Crippen LogP contribution in [0.5, 0.6) is 0 Å². The van der Waals surface area contributed by atoms with Gasteiger partial charge in [-0.2, -0.15) is 5.10 Å². The number of hydrogen-bond donors (Lipinski definition) is 1. The van der Waals surface area contributed by atoms with Crippen LogP contribution in [-0.4, -0.2) is 26.9 Å². The maximum atomic E-state index is 12.8. The molecule has 6 heteroatoms. The van der Waals surface area contributed by atoms with E-state index < -0.39 is 0 Å². The standard InChI is InChI=1S/C23H22N4OS/c1-3-6-16(2)14-25-18-8-4-7-17(13-18)20-10-11-24-23-19(15-26-27(20)23)22(28)21-9-5-12-29-21/h4-13,15,25H,3,14H2,1-2H3/b16-6+. The van der Waals surface area contributed by atoms with Gasteiger partial charge in [0.05, 0.1) is 22.3 Å². The zero-order valence-electron chi connectivity index (χ0n) is 16.4. The van der Waals surface area contributed by atoms with Crippen molar-refractivity contribution in [2.45, 2.75) is 20.3 Å². The van der Waals surface area contributed by atoms with Crippen LogP contribution in [0, 0.1) is 0 Å². The minimum atomic E-state index is -0.0479. The summed E-state index contributed by atoms with van der Waals surface area (Å²) in [5.41, 5.74) is 5.35. The van der Waals surface area contributed by atoms with E-state index in [0.29, 0.717) is 16.1 Å². The Morgan fingerprint density at radius 2 is 2.14 bits per heavy atom. The number of anilines is 1. The summed E-state index contributed by atoms with van der Waals surface area (Å²) in [6, 6.07) is 13.8. The van der Waals surface area contributed by atoms with Crippen molar-refractivity contribution >= 4 is 28.5 Å². The van der Waals surface area contributed by atoms with Gasteiger partial charge in [0.1, 0.15) is 0 Å². The summed E-state index contributed by atoms with van der Waals surface area (Å²) >= 11 is 1.42. The predicted molar refractivity (Wildman–Crippen MR) is 119 cm³/mol. The molecule has 3 heterocycles. The number of ketones is 1. The number of benzene rings is 1. The van der Waals surface area contributed by atoms with Gasteiger partial charge in [0, 0.05) is 24.0 Å². The van der Waals surface area contributed by atoms with Crippen molar-refractivity contribution in [3.05, 3.63) is 82.3 Å². The summed E-state index contributed by atoms with van der Waals surface area (Å²) in [4.78, 5) is 17.9. The van der Waals surface area contributed by atoms with Gasteiger partial charge < -0.3 is 5.32 Å². The minimum absolute atomic E-state index is 0.0479. The number of nitrogens with one attached hydrogen (secondary N) is 1. The molecule has 0 spiro atoms. The lowest BCUT2D eigenvalue weighted by atomic mass is 10.1. The Morgan fingerprint density at radius 3 is 2.93 bits per heavy atom. The van der Waals surface area contributed by atoms with Crippen molar-refractivity contribution in [2.24, 2.45) is 0 Å². The molecule has 5 nitrogen and oxygen atoms in total. The Balaban J connectivity index is 1.67. The van der Waals surface area contributed by atoms with Gasteiger partial charge in [-0.05, 0) is 43.0 Å². The lowest BCUT2D eigenvalue weighted by Crippen LogP contribution is -2.03. The molecule has 1 N–H and O–H groups in total. The van der Waals surface area contributed by atoms with Crippen LogP contribution in [0.1, 0.15) is 35.5 Å². The molecule has 146 valence electrons. The van der Waals surface area contributed by atoms with Crippen molar-refractivity contribution < 1.29 is 4.79 Å². The highest BCUT2D eigenvalue weighted by molar-refractivity contribution is 7.12. The molecule has 0 radical (unpaired) electrons. The van der Waals surface area contributed by atoms with Crippen molar-refractivity contribution in [1.82, 2.24) is 14.6 Å². The highest BCUT2D eigenvalue weighted by Gasteiger charge is 2.18. The summed E-state index contributed by atoms with van der Waals surface area (Å²) in [5, 5.41) is 9.82. The molecule has 0 amide bonds. The third kappa shape index (κ3) is 3.98. The number of nitrogens with zero attached hydrogens (tertiary/aromatic N) is 3. The van der Waals surface area contributed by atoms with Crippen LogP contribution < -0.4 is 5.32 Å². The van der Waals surface area contributed by atoms with Gasteiger partial charge in [0.25, 0.3) is 0 Å². The van der Waals surface area contributed by atoms with Crippen LogP contribution in [0.2, 0.25) is 0 Å². The maximum Gasteiger partial charge on any atom is 0.208 e. The first kappa shape index (κ1) is 19.1. The molecule has 3 aromatic heterocycles. The number of hydrogen-bond acceptors (Lipinski definition) is 5.